The number of terminal acetylenes is 1. The monoisotopic (exact) mass is 415 g/mol. The predicted octanol–water partition coefficient (Wildman–Crippen LogP) is 5.26. The second kappa shape index (κ2) is 8.83. The van der Waals surface area contributed by atoms with Gasteiger partial charge in [-0.25, -0.2) is 4.98 Å². The van der Waals surface area contributed by atoms with Crippen LogP contribution < -0.4 is 4.90 Å². The lowest BCUT2D eigenvalue weighted by atomic mass is 10.1. The third-order valence-electron chi connectivity index (χ3n) is 5.54. The number of benzene rings is 2. The summed E-state index contributed by atoms with van der Waals surface area (Å²) in [6, 6.07) is 16.8. The molecular formula is C25H25N3OS. The molecule has 1 unspecified atom stereocenters. The Bertz CT molecular complexity index is 1080. The van der Waals surface area contributed by atoms with Crippen LogP contribution in [0.15, 0.2) is 53.9 Å². The molecule has 1 atom stereocenters. The molecule has 1 aromatic heterocycles. The maximum Gasteiger partial charge on any atom is 0.230 e. The average molecular weight is 416 g/mol. The standard InChI is InChI=1S/C25H25N3OS/c1-4-15-27(24-14-11-20-7-5-6-8-23(20)24)16-21-17-30-25(26-21)28(19(3)29)22-12-9-18(2)10-13-22/h1,5-10,12-13,17,24H,11,14-16H2,2-3H3. The van der Waals surface area contributed by atoms with E-state index in [1.54, 1.807) is 11.8 Å². The van der Waals surface area contributed by atoms with Crippen LogP contribution in [0, 0.1) is 19.3 Å². The van der Waals surface area contributed by atoms with E-state index in [-0.39, 0.29) is 5.91 Å². The zero-order valence-corrected chi connectivity index (χ0v) is 18.2. The van der Waals surface area contributed by atoms with Crippen LogP contribution >= 0.6 is 11.3 Å². The highest BCUT2D eigenvalue weighted by atomic mass is 32.1. The van der Waals surface area contributed by atoms with E-state index in [1.165, 1.54) is 22.5 Å². The molecule has 0 bridgehead atoms. The second-order valence-corrected chi connectivity index (χ2v) is 8.51. The number of hydrogen-bond donors (Lipinski definition) is 0. The normalized spacial score (nSPS) is 15.1. The minimum Gasteiger partial charge on any atom is -0.279 e. The van der Waals surface area contributed by atoms with Gasteiger partial charge in [0.25, 0.3) is 0 Å². The van der Waals surface area contributed by atoms with Crippen molar-refractivity contribution in [2.45, 2.75) is 39.3 Å². The fourth-order valence-corrected chi connectivity index (χ4v) is 4.99. The molecule has 0 saturated heterocycles. The van der Waals surface area contributed by atoms with Crippen molar-refractivity contribution in [2.75, 3.05) is 11.4 Å². The summed E-state index contributed by atoms with van der Waals surface area (Å²) in [5.74, 6) is 2.76. The zero-order chi connectivity index (χ0) is 21.1. The summed E-state index contributed by atoms with van der Waals surface area (Å²) in [5.41, 5.74) is 5.70. The molecule has 0 radical (unpaired) electrons. The van der Waals surface area contributed by atoms with E-state index in [0.717, 1.165) is 29.8 Å². The Morgan fingerprint density at radius 2 is 2.00 bits per heavy atom. The maximum atomic E-state index is 12.4. The summed E-state index contributed by atoms with van der Waals surface area (Å²) in [4.78, 5) is 21.1. The van der Waals surface area contributed by atoms with E-state index in [0.29, 0.717) is 24.3 Å². The minimum atomic E-state index is -0.0510. The number of nitrogens with zero attached hydrogens (tertiary/aromatic N) is 3. The molecule has 30 heavy (non-hydrogen) atoms. The van der Waals surface area contributed by atoms with Crippen LogP contribution in [0.25, 0.3) is 0 Å². The summed E-state index contributed by atoms with van der Waals surface area (Å²) < 4.78 is 0. The summed E-state index contributed by atoms with van der Waals surface area (Å²) in [6.07, 6.45) is 7.84. The smallest absolute Gasteiger partial charge is 0.230 e. The number of rotatable bonds is 6. The molecule has 1 heterocycles. The van der Waals surface area contributed by atoms with Gasteiger partial charge >= 0.3 is 0 Å². The first-order chi connectivity index (χ1) is 14.6. The van der Waals surface area contributed by atoms with E-state index < -0.39 is 0 Å². The van der Waals surface area contributed by atoms with Gasteiger partial charge in [-0.1, -0.05) is 47.9 Å². The first-order valence-corrected chi connectivity index (χ1v) is 11.0. The molecule has 4 rings (SSSR count). The first-order valence-electron chi connectivity index (χ1n) is 10.1. The quantitative estimate of drug-likeness (QED) is 0.515. The summed E-state index contributed by atoms with van der Waals surface area (Å²) >= 11 is 1.49. The number of aryl methyl sites for hydroxylation is 2. The first kappa shape index (κ1) is 20.3. The average Bonchev–Trinajstić information content (AvgIpc) is 3.36. The SMILES string of the molecule is C#CCN(Cc1csc(N(C(C)=O)c2ccc(C)cc2)n1)C1CCc2ccccc21. The van der Waals surface area contributed by atoms with Crippen LogP contribution in [0.1, 0.15) is 41.8 Å². The molecule has 1 aliphatic rings. The lowest BCUT2D eigenvalue weighted by molar-refractivity contribution is -0.115. The molecular weight excluding hydrogens is 390 g/mol. The third kappa shape index (κ3) is 4.16. The van der Waals surface area contributed by atoms with Crippen molar-refractivity contribution in [1.29, 1.82) is 0 Å². The number of carbonyl (C=O) groups is 1. The Morgan fingerprint density at radius 3 is 2.73 bits per heavy atom. The Hall–Kier alpha value is -2.94. The highest BCUT2D eigenvalue weighted by Gasteiger charge is 2.28. The number of fused-ring (bicyclic) bond motifs is 1. The Morgan fingerprint density at radius 1 is 1.23 bits per heavy atom. The van der Waals surface area contributed by atoms with E-state index >= 15 is 0 Å². The van der Waals surface area contributed by atoms with E-state index in [4.69, 9.17) is 11.4 Å². The molecule has 0 N–H and O–H groups in total. The van der Waals surface area contributed by atoms with Crippen molar-refractivity contribution in [3.63, 3.8) is 0 Å². The Kier molecular flexibility index (Phi) is 5.98. The largest absolute Gasteiger partial charge is 0.279 e. The lowest BCUT2D eigenvalue weighted by Crippen LogP contribution is -2.28. The molecule has 2 aromatic carbocycles. The van der Waals surface area contributed by atoms with Crippen LogP contribution in [-0.2, 0) is 17.8 Å². The van der Waals surface area contributed by atoms with Gasteiger partial charge in [-0.05, 0) is 43.0 Å². The predicted molar refractivity (Wildman–Crippen MR) is 123 cm³/mol. The number of anilines is 2. The number of carbonyl (C=O) groups excluding carboxylic acids is 1. The topological polar surface area (TPSA) is 36.4 Å². The van der Waals surface area contributed by atoms with Gasteiger partial charge in [-0.2, -0.15) is 0 Å². The van der Waals surface area contributed by atoms with Crippen LogP contribution in [0.3, 0.4) is 0 Å². The van der Waals surface area contributed by atoms with Crippen LogP contribution in [-0.4, -0.2) is 22.3 Å². The van der Waals surface area contributed by atoms with Crippen molar-refractivity contribution in [2.24, 2.45) is 0 Å². The highest BCUT2D eigenvalue weighted by Crippen LogP contribution is 2.37. The molecule has 0 fully saturated rings. The van der Waals surface area contributed by atoms with Gasteiger partial charge in [0.1, 0.15) is 0 Å². The maximum absolute atomic E-state index is 12.4. The molecule has 1 amide bonds. The molecule has 3 aromatic rings. The van der Waals surface area contributed by atoms with E-state index in [1.807, 2.05) is 36.6 Å². The van der Waals surface area contributed by atoms with Crippen molar-refractivity contribution >= 4 is 28.1 Å². The van der Waals surface area contributed by atoms with Gasteiger partial charge in [-0.3, -0.25) is 14.6 Å². The third-order valence-corrected chi connectivity index (χ3v) is 6.41. The van der Waals surface area contributed by atoms with Gasteiger partial charge in [0, 0.05) is 24.9 Å². The Labute approximate surface area is 182 Å². The van der Waals surface area contributed by atoms with Crippen molar-refractivity contribution in [1.82, 2.24) is 9.88 Å². The highest BCUT2D eigenvalue weighted by molar-refractivity contribution is 7.14. The molecule has 0 aliphatic heterocycles. The van der Waals surface area contributed by atoms with Crippen LogP contribution in [0.2, 0.25) is 0 Å². The molecule has 0 saturated carbocycles. The van der Waals surface area contributed by atoms with Gasteiger partial charge < -0.3 is 0 Å². The molecule has 152 valence electrons. The molecule has 5 heteroatoms. The van der Waals surface area contributed by atoms with Crippen molar-refractivity contribution < 1.29 is 4.79 Å². The molecule has 4 nitrogen and oxygen atoms in total. The lowest BCUT2D eigenvalue weighted by Gasteiger charge is -2.27. The fourth-order valence-electron chi connectivity index (χ4n) is 4.11. The molecule has 0 spiro atoms. The summed E-state index contributed by atoms with van der Waals surface area (Å²) in [6.45, 7) is 4.84. The van der Waals surface area contributed by atoms with Gasteiger partial charge in [0.2, 0.25) is 5.91 Å². The van der Waals surface area contributed by atoms with Gasteiger partial charge in [-0.15, -0.1) is 17.8 Å². The van der Waals surface area contributed by atoms with Crippen LogP contribution in [0.4, 0.5) is 10.8 Å². The van der Waals surface area contributed by atoms with Gasteiger partial charge in [0.15, 0.2) is 5.13 Å². The van der Waals surface area contributed by atoms with Crippen molar-refractivity contribution in [3.05, 3.63) is 76.3 Å². The zero-order valence-electron chi connectivity index (χ0n) is 17.3. The Balaban J connectivity index is 1.57. The summed E-state index contributed by atoms with van der Waals surface area (Å²) in [7, 11) is 0. The van der Waals surface area contributed by atoms with E-state index in [9.17, 15) is 4.79 Å². The number of amides is 1. The fraction of sp³-hybridized carbons (Fsp3) is 0.280. The van der Waals surface area contributed by atoms with Crippen molar-refractivity contribution in [3.8, 4) is 12.3 Å². The summed E-state index contributed by atoms with van der Waals surface area (Å²) in [5, 5.41) is 2.72. The number of hydrogen-bond acceptors (Lipinski definition) is 4. The minimum absolute atomic E-state index is 0.0510. The second-order valence-electron chi connectivity index (χ2n) is 7.67. The van der Waals surface area contributed by atoms with Gasteiger partial charge in [0.05, 0.1) is 17.9 Å². The number of thiazole rings is 1. The van der Waals surface area contributed by atoms with Crippen LogP contribution in [0.5, 0.6) is 0 Å². The molecule has 1 aliphatic carbocycles. The number of aromatic nitrogens is 1. The van der Waals surface area contributed by atoms with E-state index in [2.05, 4.69) is 35.1 Å².